The average molecular weight is 474 g/mol. The minimum absolute atomic E-state index is 0.153. The maximum Gasteiger partial charge on any atom is 0.234 e. The number of rotatable bonds is 6. The van der Waals surface area contributed by atoms with Crippen molar-refractivity contribution in [2.24, 2.45) is 0 Å². The van der Waals surface area contributed by atoms with E-state index in [4.69, 9.17) is 14.5 Å². The van der Waals surface area contributed by atoms with Crippen LogP contribution in [0.1, 0.15) is 11.1 Å². The minimum Gasteiger partial charge on any atom is -0.497 e. The lowest BCUT2D eigenvalue weighted by molar-refractivity contribution is -0.113. The maximum absolute atomic E-state index is 13.4. The van der Waals surface area contributed by atoms with Gasteiger partial charge in [-0.1, -0.05) is 30.0 Å². The van der Waals surface area contributed by atoms with Gasteiger partial charge in [-0.05, 0) is 60.2 Å². The molecule has 0 unspecified atom stereocenters. The lowest BCUT2D eigenvalue weighted by Gasteiger charge is -2.21. The predicted octanol–water partition coefficient (Wildman–Crippen LogP) is 5.72. The molecule has 1 aliphatic rings. The van der Waals surface area contributed by atoms with Crippen molar-refractivity contribution in [3.63, 3.8) is 0 Å². The van der Waals surface area contributed by atoms with Gasteiger partial charge in [-0.15, -0.1) is 0 Å². The fourth-order valence-corrected chi connectivity index (χ4v) is 4.40. The highest BCUT2D eigenvalue weighted by atomic mass is 32.2. The van der Waals surface area contributed by atoms with Crippen LogP contribution in [0, 0.1) is 5.82 Å². The third kappa shape index (κ3) is 4.72. The summed E-state index contributed by atoms with van der Waals surface area (Å²) in [5, 5.41) is 3.54. The molecule has 1 aliphatic heterocycles. The molecule has 2 heterocycles. The lowest BCUT2D eigenvalue weighted by atomic mass is 10.0. The number of methoxy groups -OCH3 is 1. The molecule has 4 aromatic rings. The van der Waals surface area contributed by atoms with Crippen LogP contribution in [-0.2, 0) is 11.2 Å². The number of hydrogen-bond acceptors (Lipinski definition) is 6. The number of anilines is 1. The SMILES string of the molecule is COc1ccc(NC(=O)CSc2nc(-c3ccc(F)cc3)nc3c2Cc2ccccc2O3)cc1. The van der Waals surface area contributed by atoms with Crippen LogP contribution in [0.25, 0.3) is 11.4 Å². The Morgan fingerprint density at radius 3 is 2.59 bits per heavy atom. The number of thioether (sulfide) groups is 1. The van der Waals surface area contributed by atoms with E-state index in [1.54, 1.807) is 43.5 Å². The Morgan fingerprint density at radius 1 is 1.06 bits per heavy atom. The number of halogens is 1. The van der Waals surface area contributed by atoms with Gasteiger partial charge >= 0.3 is 0 Å². The zero-order valence-corrected chi connectivity index (χ0v) is 19.1. The Balaban J connectivity index is 1.41. The van der Waals surface area contributed by atoms with Gasteiger partial charge in [0.2, 0.25) is 11.8 Å². The van der Waals surface area contributed by atoms with Crippen molar-refractivity contribution >= 4 is 23.4 Å². The zero-order chi connectivity index (χ0) is 23.5. The molecule has 0 aliphatic carbocycles. The van der Waals surface area contributed by atoms with E-state index in [0.717, 1.165) is 16.9 Å². The van der Waals surface area contributed by atoms with E-state index >= 15 is 0 Å². The molecule has 5 rings (SSSR count). The van der Waals surface area contributed by atoms with Gasteiger partial charge in [0.1, 0.15) is 22.3 Å². The summed E-state index contributed by atoms with van der Waals surface area (Å²) in [6.45, 7) is 0. The summed E-state index contributed by atoms with van der Waals surface area (Å²) in [4.78, 5) is 21.9. The van der Waals surface area contributed by atoms with E-state index in [1.165, 1.54) is 23.9 Å². The molecule has 34 heavy (non-hydrogen) atoms. The molecule has 8 heteroatoms. The summed E-state index contributed by atoms with van der Waals surface area (Å²) < 4.78 is 24.7. The van der Waals surface area contributed by atoms with Crippen molar-refractivity contribution in [3.05, 3.63) is 89.7 Å². The molecular formula is C26H20FN3O3S. The van der Waals surface area contributed by atoms with E-state index in [2.05, 4.69) is 10.3 Å². The minimum atomic E-state index is -0.336. The van der Waals surface area contributed by atoms with Gasteiger partial charge in [-0.3, -0.25) is 4.79 Å². The van der Waals surface area contributed by atoms with Crippen LogP contribution in [0.2, 0.25) is 0 Å². The Kier molecular flexibility index (Phi) is 6.14. The first-order chi connectivity index (χ1) is 16.6. The quantitative estimate of drug-likeness (QED) is 0.251. The summed E-state index contributed by atoms with van der Waals surface area (Å²) >= 11 is 1.31. The monoisotopic (exact) mass is 473 g/mol. The first-order valence-electron chi connectivity index (χ1n) is 10.6. The van der Waals surface area contributed by atoms with Crippen LogP contribution in [0.4, 0.5) is 10.1 Å². The zero-order valence-electron chi connectivity index (χ0n) is 18.2. The van der Waals surface area contributed by atoms with Gasteiger partial charge < -0.3 is 14.8 Å². The number of nitrogens with zero attached hydrogens (tertiary/aromatic N) is 2. The first-order valence-corrected chi connectivity index (χ1v) is 11.6. The molecule has 0 saturated carbocycles. The second kappa shape index (κ2) is 9.52. The highest BCUT2D eigenvalue weighted by Crippen LogP contribution is 2.40. The number of para-hydroxylation sites is 1. The number of carbonyl (C=O) groups excluding carboxylic acids is 1. The molecule has 0 spiro atoms. The highest BCUT2D eigenvalue weighted by molar-refractivity contribution is 8.00. The number of ether oxygens (including phenoxy) is 2. The fraction of sp³-hybridized carbons (Fsp3) is 0.115. The molecule has 6 nitrogen and oxygen atoms in total. The summed E-state index contributed by atoms with van der Waals surface area (Å²) in [6, 6.07) is 20.9. The summed E-state index contributed by atoms with van der Waals surface area (Å²) in [7, 11) is 1.59. The molecule has 0 atom stereocenters. The van der Waals surface area contributed by atoms with Crippen LogP contribution >= 0.6 is 11.8 Å². The van der Waals surface area contributed by atoms with Crippen LogP contribution in [0.5, 0.6) is 17.4 Å². The first kappa shape index (κ1) is 21.9. The second-order valence-corrected chi connectivity index (χ2v) is 8.56. The molecule has 1 amide bonds. The Hall–Kier alpha value is -3.91. The highest BCUT2D eigenvalue weighted by Gasteiger charge is 2.24. The van der Waals surface area contributed by atoms with Gasteiger partial charge in [0.15, 0.2) is 5.82 Å². The number of aromatic nitrogens is 2. The molecule has 3 aromatic carbocycles. The van der Waals surface area contributed by atoms with Gasteiger partial charge in [0, 0.05) is 17.7 Å². The van der Waals surface area contributed by atoms with Crippen molar-refractivity contribution in [1.82, 2.24) is 9.97 Å². The van der Waals surface area contributed by atoms with E-state index in [1.807, 2.05) is 24.3 Å². The standard InChI is InChI=1S/C26H20FN3O3S/c1-32-20-12-10-19(11-13-20)28-23(31)15-34-26-21-14-17-4-2-3-5-22(17)33-25(21)29-24(30-26)16-6-8-18(27)9-7-16/h2-13H,14-15H2,1H3,(H,28,31). The third-order valence-electron chi connectivity index (χ3n) is 5.29. The van der Waals surface area contributed by atoms with Crippen molar-refractivity contribution < 1.29 is 18.7 Å². The number of fused-ring (bicyclic) bond motifs is 2. The maximum atomic E-state index is 13.4. The molecule has 0 fully saturated rings. The molecule has 1 aromatic heterocycles. The molecular weight excluding hydrogens is 453 g/mol. The Labute approximate surface area is 200 Å². The van der Waals surface area contributed by atoms with Crippen LogP contribution in [-0.4, -0.2) is 28.7 Å². The van der Waals surface area contributed by atoms with E-state index in [9.17, 15) is 9.18 Å². The molecule has 1 N–H and O–H groups in total. The summed E-state index contributed by atoms with van der Waals surface area (Å²) in [5.74, 6) is 1.97. The van der Waals surface area contributed by atoms with E-state index in [-0.39, 0.29) is 17.5 Å². The summed E-state index contributed by atoms with van der Waals surface area (Å²) in [5.41, 5.74) is 3.20. The fourth-order valence-electron chi connectivity index (χ4n) is 3.58. The number of carbonyl (C=O) groups is 1. The number of amides is 1. The van der Waals surface area contributed by atoms with Crippen LogP contribution in [0.15, 0.2) is 77.8 Å². The predicted molar refractivity (Wildman–Crippen MR) is 129 cm³/mol. The smallest absolute Gasteiger partial charge is 0.234 e. The van der Waals surface area contributed by atoms with Gasteiger partial charge in [-0.2, -0.15) is 4.98 Å². The molecule has 170 valence electrons. The van der Waals surface area contributed by atoms with E-state index in [0.29, 0.717) is 40.2 Å². The average Bonchev–Trinajstić information content (AvgIpc) is 2.87. The number of nitrogens with one attached hydrogen (secondary N) is 1. The van der Waals surface area contributed by atoms with Crippen molar-refractivity contribution in [1.29, 1.82) is 0 Å². The van der Waals surface area contributed by atoms with Crippen molar-refractivity contribution in [2.45, 2.75) is 11.4 Å². The molecule has 0 bridgehead atoms. The number of hydrogen-bond donors (Lipinski definition) is 1. The second-order valence-electron chi connectivity index (χ2n) is 7.59. The van der Waals surface area contributed by atoms with Gasteiger partial charge in [0.25, 0.3) is 0 Å². The van der Waals surface area contributed by atoms with Crippen LogP contribution < -0.4 is 14.8 Å². The van der Waals surface area contributed by atoms with Gasteiger partial charge in [0.05, 0.1) is 18.4 Å². The van der Waals surface area contributed by atoms with E-state index < -0.39 is 0 Å². The molecule has 0 radical (unpaired) electrons. The number of benzene rings is 3. The summed E-state index contributed by atoms with van der Waals surface area (Å²) in [6.07, 6.45) is 0.595. The Bertz CT molecular complexity index is 1340. The van der Waals surface area contributed by atoms with Crippen molar-refractivity contribution in [2.75, 3.05) is 18.2 Å². The lowest BCUT2D eigenvalue weighted by Crippen LogP contribution is -2.15. The normalized spacial score (nSPS) is 11.7. The van der Waals surface area contributed by atoms with Gasteiger partial charge in [-0.25, -0.2) is 9.37 Å². The Morgan fingerprint density at radius 2 is 1.82 bits per heavy atom. The topological polar surface area (TPSA) is 73.3 Å². The third-order valence-corrected chi connectivity index (χ3v) is 6.31. The molecule has 0 saturated heterocycles. The van der Waals surface area contributed by atoms with Crippen LogP contribution in [0.3, 0.4) is 0 Å². The van der Waals surface area contributed by atoms with Crippen molar-refractivity contribution in [3.8, 4) is 28.8 Å². The largest absolute Gasteiger partial charge is 0.497 e.